The molecule has 4 nitrogen and oxygen atoms in total. The molecule has 0 amide bonds. The normalized spacial score (nSPS) is 11.2. The van der Waals surface area contributed by atoms with Crippen molar-refractivity contribution in [2.45, 2.75) is 75.7 Å². The summed E-state index contributed by atoms with van der Waals surface area (Å²) in [6, 6.07) is 28.4. The molecular weight excluding hydrogens is 653 g/mol. The largest absolute Gasteiger partial charge is 0.507 e. The molecule has 0 aliphatic heterocycles. The van der Waals surface area contributed by atoms with E-state index in [0.717, 1.165) is 55.6 Å². The standard InChI is InChI=1S/C49H52O4/c1-28-22-40(48(50)42(24-28)46-34(7)30(3)26-31(4)35(46)8)38-16-11-13-18-44(38)52-20-15-21-53-45-19-14-12-17-39(45)41-23-29(2)25-43(49(41)51)47-36(9)32(5)27-33(6)37(47)10/h11-14,16-19,22-27,50-51H,15,20-21H2,1-10H3. The molecule has 53 heavy (non-hydrogen) atoms. The summed E-state index contributed by atoms with van der Waals surface area (Å²) in [6.45, 7) is 22.0. The van der Waals surface area contributed by atoms with Gasteiger partial charge < -0.3 is 19.7 Å². The number of para-hydroxylation sites is 2. The number of aryl methyl sites for hydroxylation is 6. The number of benzene rings is 6. The third kappa shape index (κ3) is 7.28. The van der Waals surface area contributed by atoms with Gasteiger partial charge in [-0.3, -0.25) is 0 Å². The molecule has 0 spiro atoms. The van der Waals surface area contributed by atoms with Crippen LogP contribution in [0.4, 0.5) is 0 Å². The van der Waals surface area contributed by atoms with E-state index in [1.165, 1.54) is 44.5 Å². The van der Waals surface area contributed by atoms with Crippen LogP contribution in [-0.2, 0) is 0 Å². The molecule has 6 aromatic carbocycles. The lowest BCUT2D eigenvalue weighted by Gasteiger charge is -2.20. The lowest BCUT2D eigenvalue weighted by Crippen LogP contribution is -2.06. The maximum atomic E-state index is 11.8. The molecule has 4 heteroatoms. The van der Waals surface area contributed by atoms with Crippen LogP contribution in [0.25, 0.3) is 44.5 Å². The van der Waals surface area contributed by atoms with Crippen LogP contribution in [0.2, 0.25) is 0 Å². The summed E-state index contributed by atoms with van der Waals surface area (Å²) in [5.41, 5.74) is 18.7. The number of phenols is 2. The van der Waals surface area contributed by atoms with Gasteiger partial charge in [0, 0.05) is 39.8 Å². The first kappa shape index (κ1) is 37.3. The van der Waals surface area contributed by atoms with Gasteiger partial charge >= 0.3 is 0 Å². The fraction of sp³-hybridized carbons (Fsp3) is 0.265. The van der Waals surface area contributed by atoms with Gasteiger partial charge in [0.15, 0.2) is 0 Å². The molecule has 272 valence electrons. The van der Waals surface area contributed by atoms with Crippen molar-refractivity contribution in [1.29, 1.82) is 0 Å². The topological polar surface area (TPSA) is 58.9 Å². The summed E-state index contributed by atoms with van der Waals surface area (Å²) in [7, 11) is 0. The number of aromatic hydroxyl groups is 2. The number of hydrogen-bond acceptors (Lipinski definition) is 4. The predicted molar refractivity (Wildman–Crippen MR) is 221 cm³/mol. The van der Waals surface area contributed by atoms with E-state index in [1.54, 1.807) is 0 Å². The second-order valence-corrected chi connectivity index (χ2v) is 14.7. The molecule has 0 aromatic heterocycles. The monoisotopic (exact) mass is 704 g/mol. The minimum Gasteiger partial charge on any atom is -0.507 e. The third-order valence-electron chi connectivity index (χ3n) is 10.9. The van der Waals surface area contributed by atoms with Crippen LogP contribution in [0.1, 0.15) is 62.1 Å². The van der Waals surface area contributed by atoms with Crippen molar-refractivity contribution in [3.05, 3.63) is 141 Å². The number of hydrogen-bond donors (Lipinski definition) is 2. The Labute approximate surface area is 315 Å². The summed E-state index contributed by atoms with van der Waals surface area (Å²) < 4.78 is 12.8. The minimum atomic E-state index is 0.258. The zero-order valence-electron chi connectivity index (χ0n) is 32.9. The Morgan fingerprint density at radius 1 is 0.396 bits per heavy atom. The van der Waals surface area contributed by atoms with Gasteiger partial charge in [0.25, 0.3) is 0 Å². The van der Waals surface area contributed by atoms with E-state index in [4.69, 9.17) is 9.47 Å². The van der Waals surface area contributed by atoms with Crippen LogP contribution in [0.5, 0.6) is 23.0 Å². The summed E-state index contributed by atoms with van der Waals surface area (Å²) in [4.78, 5) is 0. The molecule has 0 saturated carbocycles. The maximum Gasteiger partial charge on any atom is 0.131 e. The first-order valence-corrected chi connectivity index (χ1v) is 18.6. The van der Waals surface area contributed by atoms with Crippen LogP contribution in [0.3, 0.4) is 0 Å². The molecular formula is C49H52O4. The van der Waals surface area contributed by atoms with Crippen molar-refractivity contribution >= 4 is 0 Å². The van der Waals surface area contributed by atoms with E-state index in [2.05, 4.69) is 93.5 Å². The van der Waals surface area contributed by atoms with Gasteiger partial charge in [-0.05, 0) is 172 Å². The van der Waals surface area contributed by atoms with Gasteiger partial charge in [-0.2, -0.15) is 0 Å². The van der Waals surface area contributed by atoms with Crippen LogP contribution in [0, 0.1) is 69.2 Å². The first-order valence-electron chi connectivity index (χ1n) is 18.6. The highest BCUT2D eigenvalue weighted by molar-refractivity contribution is 5.89. The minimum absolute atomic E-state index is 0.258. The van der Waals surface area contributed by atoms with Crippen molar-refractivity contribution < 1.29 is 19.7 Å². The molecule has 0 aliphatic rings. The summed E-state index contributed by atoms with van der Waals surface area (Å²) in [5, 5.41) is 23.6. The fourth-order valence-electron chi connectivity index (χ4n) is 7.64. The molecule has 2 N–H and O–H groups in total. The highest BCUT2D eigenvalue weighted by Crippen LogP contribution is 2.46. The molecule has 0 heterocycles. The van der Waals surface area contributed by atoms with E-state index in [1.807, 2.05) is 60.7 Å². The van der Waals surface area contributed by atoms with Crippen molar-refractivity contribution in [2.75, 3.05) is 13.2 Å². The zero-order chi connectivity index (χ0) is 38.1. The molecule has 0 atom stereocenters. The molecule has 0 fully saturated rings. The second kappa shape index (κ2) is 15.2. The SMILES string of the molecule is Cc1cc(-c2ccccc2OCCCOc2ccccc2-c2cc(C)cc(-c3c(C)c(C)cc(C)c3C)c2O)c(O)c(-c2c(C)c(C)cc(C)c2C)c1. The quantitative estimate of drug-likeness (QED) is 0.139. The van der Waals surface area contributed by atoms with Crippen LogP contribution >= 0.6 is 0 Å². The van der Waals surface area contributed by atoms with E-state index < -0.39 is 0 Å². The fourth-order valence-corrected chi connectivity index (χ4v) is 7.64. The summed E-state index contributed by atoms with van der Waals surface area (Å²) >= 11 is 0. The molecule has 6 aromatic rings. The third-order valence-corrected chi connectivity index (χ3v) is 10.9. The Morgan fingerprint density at radius 2 is 0.717 bits per heavy atom. The Kier molecular flexibility index (Phi) is 10.7. The molecule has 0 aliphatic carbocycles. The van der Waals surface area contributed by atoms with E-state index in [0.29, 0.717) is 31.1 Å². The van der Waals surface area contributed by atoms with Gasteiger partial charge in [-0.25, -0.2) is 0 Å². The van der Waals surface area contributed by atoms with Gasteiger partial charge in [-0.15, -0.1) is 0 Å². The van der Waals surface area contributed by atoms with Crippen molar-refractivity contribution in [3.8, 4) is 67.5 Å². The Balaban J connectivity index is 1.22. The van der Waals surface area contributed by atoms with E-state index >= 15 is 0 Å². The lowest BCUT2D eigenvalue weighted by molar-refractivity contribution is 0.248. The van der Waals surface area contributed by atoms with Crippen LogP contribution in [0.15, 0.2) is 84.9 Å². The molecule has 0 unspecified atom stereocenters. The first-order chi connectivity index (χ1) is 25.3. The van der Waals surface area contributed by atoms with Crippen molar-refractivity contribution in [2.24, 2.45) is 0 Å². The average Bonchev–Trinajstić information content (AvgIpc) is 3.13. The van der Waals surface area contributed by atoms with Gasteiger partial charge in [0.1, 0.15) is 23.0 Å². The molecule has 0 saturated heterocycles. The molecule has 6 rings (SSSR count). The smallest absolute Gasteiger partial charge is 0.131 e. The number of rotatable bonds is 10. The predicted octanol–water partition coefficient (Wildman–Crippen LogP) is 12.7. The number of ether oxygens (including phenoxy) is 2. The van der Waals surface area contributed by atoms with E-state index in [-0.39, 0.29) is 11.5 Å². The van der Waals surface area contributed by atoms with Crippen LogP contribution < -0.4 is 9.47 Å². The Morgan fingerprint density at radius 3 is 1.08 bits per heavy atom. The second-order valence-electron chi connectivity index (χ2n) is 14.7. The summed E-state index contributed by atoms with van der Waals surface area (Å²) in [6.07, 6.45) is 0.640. The van der Waals surface area contributed by atoms with Gasteiger partial charge in [0.05, 0.1) is 13.2 Å². The zero-order valence-corrected chi connectivity index (χ0v) is 32.9. The average molecular weight is 705 g/mol. The lowest BCUT2D eigenvalue weighted by atomic mass is 9.86. The molecule has 0 radical (unpaired) electrons. The highest BCUT2D eigenvalue weighted by atomic mass is 16.5. The number of phenolic OH excluding ortho intramolecular Hbond substituents is 2. The van der Waals surface area contributed by atoms with Gasteiger partial charge in [-0.1, -0.05) is 48.5 Å². The highest BCUT2D eigenvalue weighted by Gasteiger charge is 2.21. The van der Waals surface area contributed by atoms with Crippen molar-refractivity contribution in [1.82, 2.24) is 0 Å². The Hall–Kier alpha value is -5.48. The Bertz CT molecular complexity index is 2130. The maximum absolute atomic E-state index is 11.8. The van der Waals surface area contributed by atoms with Crippen LogP contribution in [-0.4, -0.2) is 23.4 Å². The van der Waals surface area contributed by atoms with E-state index in [9.17, 15) is 10.2 Å². The van der Waals surface area contributed by atoms with Gasteiger partial charge in [0.2, 0.25) is 0 Å². The van der Waals surface area contributed by atoms with Crippen molar-refractivity contribution in [3.63, 3.8) is 0 Å². The molecule has 0 bridgehead atoms. The summed E-state index contributed by atoms with van der Waals surface area (Å²) in [5.74, 6) is 1.94.